The quantitative estimate of drug-likeness (QED) is 0.731. The summed E-state index contributed by atoms with van der Waals surface area (Å²) >= 11 is 0. The summed E-state index contributed by atoms with van der Waals surface area (Å²) in [5.74, 6) is 0.0888. The third-order valence-electron chi connectivity index (χ3n) is 4.68. The van der Waals surface area contributed by atoms with E-state index in [2.05, 4.69) is 10.2 Å². The molecule has 1 aliphatic heterocycles. The lowest BCUT2D eigenvalue weighted by atomic mass is 9.85. The summed E-state index contributed by atoms with van der Waals surface area (Å²) in [4.78, 5) is 14.2. The van der Waals surface area contributed by atoms with Gasteiger partial charge in [0, 0.05) is 25.2 Å². The van der Waals surface area contributed by atoms with Crippen LogP contribution in [0, 0.1) is 0 Å². The van der Waals surface area contributed by atoms with Gasteiger partial charge in [0.25, 0.3) is 0 Å². The molecule has 1 fully saturated rings. The van der Waals surface area contributed by atoms with Crippen molar-refractivity contribution in [2.24, 2.45) is 0 Å². The summed E-state index contributed by atoms with van der Waals surface area (Å²) in [6.45, 7) is 1.71. The minimum atomic E-state index is -0.689. The lowest BCUT2D eigenvalue weighted by molar-refractivity contribution is -0.118. The first-order valence-corrected chi connectivity index (χ1v) is 8.60. The van der Waals surface area contributed by atoms with Crippen LogP contribution in [0.5, 0.6) is 5.75 Å². The molecular weight excluding hydrogens is 316 g/mol. The van der Waals surface area contributed by atoms with E-state index in [1.54, 1.807) is 24.3 Å². The maximum atomic E-state index is 12.1. The number of phenols is 1. The predicted molar refractivity (Wildman–Crippen MR) is 97.5 cm³/mol. The highest BCUT2D eigenvalue weighted by Gasteiger charge is 2.32. The topological polar surface area (TPSA) is 72.8 Å². The molecule has 0 bridgehead atoms. The van der Waals surface area contributed by atoms with Crippen molar-refractivity contribution < 1.29 is 15.0 Å². The Morgan fingerprint density at radius 3 is 2.32 bits per heavy atom. The summed E-state index contributed by atoms with van der Waals surface area (Å²) < 4.78 is 0. The second-order valence-corrected chi connectivity index (χ2v) is 6.76. The maximum absolute atomic E-state index is 12.1. The van der Waals surface area contributed by atoms with Gasteiger partial charge in [-0.15, -0.1) is 0 Å². The lowest BCUT2D eigenvalue weighted by Gasteiger charge is -2.38. The number of carbonyl (C=O) groups excluding carboxylic acids is 1. The van der Waals surface area contributed by atoms with E-state index < -0.39 is 5.60 Å². The van der Waals surface area contributed by atoms with Gasteiger partial charge in [-0.05, 0) is 42.7 Å². The van der Waals surface area contributed by atoms with Crippen molar-refractivity contribution in [1.29, 1.82) is 0 Å². The van der Waals surface area contributed by atoms with E-state index in [4.69, 9.17) is 0 Å². The molecular formula is C20H24N2O3. The Kier molecular flexibility index (Phi) is 5.36. The van der Waals surface area contributed by atoms with Gasteiger partial charge in [0.2, 0.25) is 5.91 Å². The fraction of sp³-hybridized carbons (Fsp3) is 0.350. The first-order valence-electron chi connectivity index (χ1n) is 8.60. The number of hydrogen-bond donors (Lipinski definition) is 3. The smallest absolute Gasteiger partial charge is 0.238 e. The van der Waals surface area contributed by atoms with E-state index in [0.29, 0.717) is 44.6 Å². The molecule has 5 nitrogen and oxygen atoms in total. The van der Waals surface area contributed by atoms with Gasteiger partial charge >= 0.3 is 0 Å². The lowest BCUT2D eigenvalue weighted by Crippen LogP contribution is -2.47. The van der Waals surface area contributed by atoms with E-state index in [-0.39, 0.29) is 11.7 Å². The molecule has 0 saturated carbocycles. The third kappa shape index (κ3) is 5.05. The Balaban J connectivity index is 1.47. The maximum Gasteiger partial charge on any atom is 0.238 e. The average molecular weight is 340 g/mol. The summed E-state index contributed by atoms with van der Waals surface area (Å²) in [5, 5.41) is 22.9. The highest BCUT2D eigenvalue weighted by Crippen LogP contribution is 2.26. The molecule has 0 atom stereocenters. The van der Waals surface area contributed by atoms with Crippen molar-refractivity contribution in [3.8, 4) is 5.75 Å². The van der Waals surface area contributed by atoms with Crippen LogP contribution in [0.4, 0.5) is 5.69 Å². The largest absolute Gasteiger partial charge is 0.508 e. The molecule has 3 N–H and O–H groups in total. The summed E-state index contributed by atoms with van der Waals surface area (Å²) in [6.07, 6.45) is 1.98. The number of piperidine rings is 1. The highest BCUT2D eigenvalue weighted by atomic mass is 16.3. The number of nitrogens with zero attached hydrogens (tertiary/aromatic N) is 1. The minimum absolute atomic E-state index is 0.0841. The molecule has 0 radical (unpaired) electrons. The fourth-order valence-electron chi connectivity index (χ4n) is 3.23. The predicted octanol–water partition coefficient (Wildman–Crippen LogP) is 2.40. The Morgan fingerprint density at radius 2 is 1.68 bits per heavy atom. The van der Waals surface area contributed by atoms with E-state index in [9.17, 15) is 15.0 Å². The van der Waals surface area contributed by atoms with Crippen LogP contribution in [0.25, 0.3) is 0 Å². The zero-order chi connectivity index (χ0) is 17.7. The van der Waals surface area contributed by atoms with E-state index in [0.717, 1.165) is 5.56 Å². The minimum Gasteiger partial charge on any atom is -0.508 e. The zero-order valence-corrected chi connectivity index (χ0v) is 14.2. The summed E-state index contributed by atoms with van der Waals surface area (Å²) in [5.41, 5.74) is 1.12. The van der Waals surface area contributed by atoms with Crippen LogP contribution in [-0.4, -0.2) is 46.3 Å². The number of benzene rings is 2. The highest BCUT2D eigenvalue weighted by molar-refractivity contribution is 5.92. The Labute approximate surface area is 147 Å². The molecule has 1 aliphatic rings. The standard InChI is InChI=1S/C20H24N2O3/c23-18-8-6-17(7-9-18)21-19(24)15-22-12-10-20(25,11-13-22)14-16-4-2-1-3-5-16/h1-9,23,25H,10-15H2,(H,21,24). The number of hydrogen-bond acceptors (Lipinski definition) is 4. The van der Waals surface area contributed by atoms with Crippen molar-refractivity contribution in [2.45, 2.75) is 24.9 Å². The third-order valence-corrected chi connectivity index (χ3v) is 4.68. The SMILES string of the molecule is O=C(CN1CCC(O)(Cc2ccccc2)CC1)Nc1ccc(O)cc1. The van der Waals surface area contributed by atoms with Crippen molar-refractivity contribution in [1.82, 2.24) is 4.90 Å². The van der Waals surface area contributed by atoms with Crippen LogP contribution in [-0.2, 0) is 11.2 Å². The van der Waals surface area contributed by atoms with Gasteiger partial charge < -0.3 is 15.5 Å². The summed E-state index contributed by atoms with van der Waals surface area (Å²) in [7, 11) is 0. The van der Waals surface area contributed by atoms with Crippen LogP contribution in [0.3, 0.4) is 0 Å². The van der Waals surface area contributed by atoms with E-state index in [1.165, 1.54) is 0 Å². The molecule has 25 heavy (non-hydrogen) atoms. The first kappa shape index (κ1) is 17.5. The molecule has 0 unspecified atom stereocenters. The number of nitrogens with one attached hydrogen (secondary N) is 1. The van der Waals surface area contributed by atoms with Crippen LogP contribution in [0.15, 0.2) is 54.6 Å². The van der Waals surface area contributed by atoms with E-state index >= 15 is 0 Å². The molecule has 1 saturated heterocycles. The molecule has 3 rings (SSSR count). The summed E-state index contributed by atoms with van der Waals surface area (Å²) in [6, 6.07) is 16.4. The molecule has 0 spiro atoms. The van der Waals surface area contributed by atoms with Crippen molar-refractivity contribution >= 4 is 11.6 Å². The van der Waals surface area contributed by atoms with Crippen molar-refractivity contribution in [3.63, 3.8) is 0 Å². The number of aromatic hydroxyl groups is 1. The zero-order valence-electron chi connectivity index (χ0n) is 14.2. The van der Waals surface area contributed by atoms with Crippen LogP contribution < -0.4 is 5.32 Å². The number of anilines is 1. The monoisotopic (exact) mass is 340 g/mol. The Bertz CT molecular complexity index is 693. The van der Waals surface area contributed by atoms with Gasteiger partial charge in [0.05, 0.1) is 12.1 Å². The van der Waals surface area contributed by atoms with Crippen molar-refractivity contribution in [3.05, 3.63) is 60.2 Å². The number of carbonyl (C=O) groups is 1. The normalized spacial score (nSPS) is 17.2. The first-order chi connectivity index (χ1) is 12.0. The Hall–Kier alpha value is -2.37. The van der Waals surface area contributed by atoms with Crippen LogP contribution >= 0.6 is 0 Å². The van der Waals surface area contributed by atoms with Gasteiger partial charge in [-0.3, -0.25) is 9.69 Å². The number of aliphatic hydroxyl groups is 1. The van der Waals surface area contributed by atoms with Crippen molar-refractivity contribution in [2.75, 3.05) is 25.0 Å². The van der Waals surface area contributed by atoms with Crippen LogP contribution in [0.1, 0.15) is 18.4 Å². The number of likely N-dealkylation sites (tertiary alicyclic amines) is 1. The average Bonchev–Trinajstić information content (AvgIpc) is 2.60. The molecule has 2 aromatic rings. The van der Waals surface area contributed by atoms with E-state index in [1.807, 2.05) is 30.3 Å². The van der Waals surface area contributed by atoms with Gasteiger partial charge in [-0.25, -0.2) is 0 Å². The molecule has 5 heteroatoms. The number of amides is 1. The van der Waals surface area contributed by atoms with Gasteiger partial charge in [0.15, 0.2) is 0 Å². The Morgan fingerprint density at radius 1 is 1.04 bits per heavy atom. The second-order valence-electron chi connectivity index (χ2n) is 6.76. The number of phenolic OH excluding ortho intramolecular Hbond substituents is 1. The fourth-order valence-corrected chi connectivity index (χ4v) is 3.23. The van der Waals surface area contributed by atoms with Gasteiger partial charge in [-0.1, -0.05) is 30.3 Å². The molecule has 0 aromatic heterocycles. The molecule has 2 aromatic carbocycles. The molecule has 132 valence electrons. The van der Waals surface area contributed by atoms with Crippen LogP contribution in [0.2, 0.25) is 0 Å². The van der Waals surface area contributed by atoms with Gasteiger partial charge in [0.1, 0.15) is 5.75 Å². The second kappa shape index (κ2) is 7.68. The number of rotatable bonds is 5. The molecule has 1 amide bonds. The molecule has 1 heterocycles. The van der Waals surface area contributed by atoms with Gasteiger partial charge in [-0.2, -0.15) is 0 Å². The molecule has 0 aliphatic carbocycles.